The molecule has 1 aromatic heterocycles. The Labute approximate surface area is 109 Å². The minimum atomic E-state index is 0.173. The van der Waals surface area contributed by atoms with E-state index in [1.165, 1.54) is 5.56 Å². The number of ether oxygens (including phenoxy) is 1. The van der Waals surface area contributed by atoms with E-state index in [2.05, 4.69) is 35.4 Å². The Morgan fingerprint density at radius 2 is 2.39 bits per heavy atom. The monoisotopic (exact) mass is 246 g/mol. The summed E-state index contributed by atoms with van der Waals surface area (Å²) in [6.45, 7) is 6.03. The van der Waals surface area contributed by atoms with Gasteiger partial charge in [-0.1, -0.05) is 6.92 Å². The fraction of sp³-hybridized carbons (Fsp3) is 0.533. The number of hydrogen-bond donors (Lipinski definition) is 1. The van der Waals surface area contributed by atoms with Gasteiger partial charge in [0.2, 0.25) is 0 Å². The third kappa shape index (κ3) is 3.33. The third-order valence-corrected chi connectivity index (χ3v) is 3.10. The van der Waals surface area contributed by atoms with Crippen LogP contribution in [0.25, 0.3) is 0 Å². The van der Waals surface area contributed by atoms with Gasteiger partial charge < -0.3 is 10.1 Å². The van der Waals surface area contributed by atoms with Gasteiger partial charge in [-0.3, -0.25) is 4.98 Å². The summed E-state index contributed by atoms with van der Waals surface area (Å²) in [5.41, 5.74) is 2.29. The molecular weight excluding hydrogens is 224 g/mol. The minimum absolute atomic E-state index is 0.173. The van der Waals surface area contributed by atoms with Crippen LogP contribution in [0, 0.1) is 6.92 Å². The van der Waals surface area contributed by atoms with Gasteiger partial charge in [-0.05, 0) is 56.5 Å². The quantitative estimate of drug-likeness (QED) is 0.866. The Morgan fingerprint density at radius 1 is 1.50 bits per heavy atom. The number of aromatic nitrogens is 1. The fourth-order valence-corrected chi connectivity index (χ4v) is 2.20. The van der Waals surface area contributed by atoms with E-state index in [9.17, 15) is 0 Å². The van der Waals surface area contributed by atoms with E-state index >= 15 is 0 Å². The number of hydrogen-bond acceptors (Lipinski definition) is 3. The predicted octanol–water partition coefficient (Wildman–Crippen LogP) is 3.13. The van der Waals surface area contributed by atoms with Crippen LogP contribution in [0.5, 0.6) is 0 Å². The van der Waals surface area contributed by atoms with Crippen LogP contribution in [0.3, 0.4) is 0 Å². The average Bonchev–Trinajstić information content (AvgIpc) is 2.40. The van der Waals surface area contributed by atoms with Crippen LogP contribution in [0.2, 0.25) is 0 Å². The van der Waals surface area contributed by atoms with Crippen molar-refractivity contribution in [3.05, 3.63) is 41.4 Å². The van der Waals surface area contributed by atoms with Crippen molar-refractivity contribution in [1.29, 1.82) is 0 Å². The molecule has 2 heterocycles. The van der Waals surface area contributed by atoms with E-state index in [1.54, 1.807) is 0 Å². The second-order valence-corrected chi connectivity index (χ2v) is 4.71. The number of allylic oxidation sites excluding steroid dienone is 1. The van der Waals surface area contributed by atoms with Gasteiger partial charge in [-0.15, -0.1) is 0 Å². The molecule has 0 amide bonds. The summed E-state index contributed by atoms with van der Waals surface area (Å²) < 4.78 is 5.81. The van der Waals surface area contributed by atoms with E-state index in [0.717, 1.165) is 43.9 Å². The Hall–Kier alpha value is -1.35. The van der Waals surface area contributed by atoms with Crippen molar-refractivity contribution in [3.8, 4) is 0 Å². The van der Waals surface area contributed by atoms with Gasteiger partial charge in [0.1, 0.15) is 5.76 Å². The Bertz CT molecular complexity index is 415. The Balaban J connectivity index is 2.21. The van der Waals surface area contributed by atoms with E-state index in [4.69, 9.17) is 4.74 Å². The summed E-state index contributed by atoms with van der Waals surface area (Å²) in [5.74, 6) is 1.07. The lowest BCUT2D eigenvalue weighted by molar-refractivity contribution is 0.167. The van der Waals surface area contributed by atoms with E-state index in [0.29, 0.717) is 0 Å². The maximum atomic E-state index is 5.81. The zero-order valence-electron chi connectivity index (χ0n) is 11.3. The molecular formula is C15H22N2O. The second kappa shape index (κ2) is 6.55. The number of nitrogens with zero attached hydrogens (tertiary/aromatic N) is 1. The van der Waals surface area contributed by atoms with Gasteiger partial charge in [0, 0.05) is 11.9 Å². The molecule has 0 aromatic carbocycles. The zero-order chi connectivity index (χ0) is 12.8. The highest BCUT2D eigenvalue weighted by atomic mass is 16.5. The summed E-state index contributed by atoms with van der Waals surface area (Å²) in [5, 5.41) is 3.56. The maximum absolute atomic E-state index is 5.81. The van der Waals surface area contributed by atoms with Crippen LogP contribution in [0.1, 0.15) is 43.5 Å². The number of rotatable bonds is 5. The van der Waals surface area contributed by atoms with Crippen LogP contribution in [-0.4, -0.2) is 18.1 Å². The van der Waals surface area contributed by atoms with Crippen LogP contribution in [0.15, 0.2) is 30.2 Å². The molecule has 0 saturated heterocycles. The number of pyridine rings is 1. The molecule has 1 atom stereocenters. The smallest absolute Gasteiger partial charge is 0.113 e. The minimum Gasteiger partial charge on any atom is -0.496 e. The van der Waals surface area contributed by atoms with Gasteiger partial charge in [0.15, 0.2) is 0 Å². The lowest BCUT2D eigenvalue weighted by Crippen LogP contribution is -2.26. The second-order valence-electron chi connectivity index (χ2n) is 4.71. The van der Waals surface area contributed by atoms with Crippen LogP contribution in [0.4, 0.5) is 0 Å². The number of aryl methyl sites for hydroxylation is 1. The first kappa shape index (κ1) is 13.1. The SMILES string of the molecule is CCCNC(C1=CCCCO1)c1ccnc(C)c1. The maximum Gasteiger partial charge on any atom is 0.113 e. The fourth-order valence-electron chi connectivity index (χ4n) is 2.20. The molecule has 1 unspecified atom stereocenters. The molecule has 0 saturated carbocycles. The molecule has 3 nitrogen and oxygen atoms in total. The topological polar surface area (TPSA) is 34.1 Å². The molecule has 0 aliphatic carbocycles. The van der Waals surface area contributed by atoms with E-state index in [1.807, 2.05) is 13.1 Å². The zero-order valence-corrected chi connectivity index (χ0v) is 11.3. The molecule has 18 heavy (non-hydrogen) atoms. The molecule has 0 fully saturated rings. The Morgan fingerprint density at radius 3 is 3.06 bits per heavy atom. The van der Waals surface area contributed by atoms with Crippen LogP contribution >= 0.6 is 0 Å². The summed E-state index contributed by atoms with van der Waals surface area (Å²) in [4.78, 5) is 4.26. The molecule has 1 aliphatic rings. The van der Waals surface area contributed by atoms with Crippen molar-refractivity contribution in [2.75, 3.05) is 13.2 Å². The van der Waals surface area contributed by atoms with Gasteiger partial charge in [-0.25, -0.2) is 0 Å². The summed E-state index contributed by atoms with van der Waals surface area (Å²) in [7, 11) is 0. The summed E-state index contributed by atoms with van der Waals surface area (Å²) in [6, 6.07) is 4.37. The molecule has 1 N–H and O–H groups in total. The third-order valence-electron chi connectivity index (χ3n) is 3.10. The van der Waals surface area contributed by atoms with E-state index in [-0.39, 0.29) is 6.04 Å². The van der Waals surface area contributed by atoms with E-state index < -0.39 is 0 Å². The standard InChI is InChI=1S/C15H22N2O/c1-3-8-17-15(14-6-4-5-10-18-14)13-7-9-16-12(2)11-13/h6-7,9,11,15,17H,3-5,8,10H2,1-2H3. The van der Waals surface area contributed by atoms with Crippen molar-refractivity contribution < 1.29 is 4.74 Å². The molecule has 0 spiro atoms. The first-order valence-corrected chi connectivity index (χ1v) is 6.80. The molecule has 2 rings (SSSR count). The van der Waals surface area contributed by atoms with Crippen LogP contribution < -0.4 is 5.32 Å². The largest absolute Gasteiger partial charge is 0.496 e. The molecule has 1 aliphatic heterocycles. The highest BCUT2D eigenvalue weighted by Gasteiger charge is 2.19. The lowest BCUT2D eigenvalue weighted by atomic mass is 10.0. The van der Waals surface area contributed by atoms with Crippen molar-refractivity contribution >= 4 is 0 Å². The van der Waals surface area contributed by atoms with Gasteiger partial charge in [0.05, 0.1) is 12.6 Å². The van der Waals surface area contributed by atoms with Crippen molar-refractivity contribution in [2.45, 2.75) is 39.2 Å². The van der Waals surface area contributed by atoms with Gasteiger partial charge >= 0.3 is 0 Å². The van der Waals surface area contributed by atoms with Crippen LogP contribution in [-0.2, 0) is 4.74 Å². The van der Waals surface area contributed by atoms with Crippen molar-refractivity contribution in [3.63, 3.8) is 0 Å². The predicted molar refractivity (Wildman–Crippen MR) is 73.3 cm³/mol. The van der Waals surface area contributed by atoms with Gasteiger partial charge in [0.25, 0.3) is 0 Å². The molecule has 3 heteroatoms. The Kier molecular flexibility index (Phi) is 4.76. The molecule has 0 bridgehead atoms. The highest BCUT2D eigenvalue weighted by molar-refractivity contribution is 5.26. The first-order valence-electron chi connectivity index (χ1n) is 6.80. The van der Waals surface area contributed by atoms with Gasteiger partial charge in [-0.2, -0.15) is 0 Å². The number of nitrogens with one attached hydrogen (secondary N) is 1. The normalized spacial score (nSPS) is 16.9. The van der Waals surface area contributed by atoms with Crippen molar-refractivity contribution in [1.82, 2.24) is 10.3 Å². The van der Waals surface area contributed by atoms with Crippen molar-refractivity contribution in [2.24, 2.45) is 0 Å². The lowest BCUT2D eigenvalue weighted by Gasteiger charge is -2.25. The molecule has 0 radical (unpaired) electrons. The summed E-state index contributed by atoms with van der Waals surface area (Å²) >= 11 is 0. The molecule has 98 valence electrons. The molecule has 1 aromatic rings. The first-order chi connectivity index (χ1) is 8.81. The average molecular weight is 246 g/mol. The summed E-state index contributed by atoms with van der Waals surface area (Å²) in [6.07, 6.45) is 7.44. The highest BCUT2D eigenvalue weighted by Crippen LogP contribution is 2.26.